The number of amides is 1. The average Bonchev–Trinajstić information content (AvgIpc) is 3.29. The van der Waals surface area contributed by atoms with E-state index in [1.54, 1.807) is 35.3 Å². The zero-order valence-corrected chi connectivity index (χ0v) is 16.8. The second-order valence-electron chi connectivity index (χ2n) is 6.47. The van der Waals surface area contributed by atoms with Crippen molar-refractivity contribution in [3.63, 3.8) is 0 Å². The lowest BCUT2D eigenvalue weighted by molar-refractivity contribution is 0.0947. The molecule has 0 spiro atoms. The Bertz CT molecular complexity index is 1150. The summed E-state index contributed by atoms with van der Waals surface area (Å²) in [6.07, 6.45) is 3.43. The van der Waals surface area contributed by atoms with Gasteiger partial charge in [0.25, 0.3) is 5.91 Å². The zero-order valence-electron chi connectivity index (χ0n) is 15.2. The SMILES string of the molecule is CC(C)NC(=O)c1cc(-n2ncc3cc(Oc4ccccc4Cl)ncc32)cs1. The molecule has 1 N–H and O–H groups in total. The first-order chi connectivity index (χ1) is 13.5. The number of carbonyl (C=O) groups is 1. The van der Waals surface area contributed by atoms with E-state index in [-0.39, 0.29) is 11.9 Å². The number of ether oxygens (including phenoxy) is 1. The largest absolute Gasteiger partial charge is 0.437 e. The van der Waals surface area contributed by atoms with E-state index in [0.29, 0.717) is 21.5 Å². The minimum atomic E-state index is -0.0868. The summed E-state index contributed by atoms with van der Waals surface area (Å²) in [5, 5.41) is 10.6. The molecule has 1 aromatic carbocycles. The molecule has 0 saturated carbocycles. The van der Waals surface area contributed by atoms with Crippen molar-refractivity contribution in [2.45, 2.75) is 19.9 Å². The molecule has 0 atom stereocenters. The molecule has 3 heterocycles. The second kappa shape index (κ2) is 7.61. The third kappa shape index (κ3) is 3.72. The van der Waals surface area contributed by atoms with Crippen molar-refractivity contribution in [1.29, 1.82) is 0 Å². The molecule has 0 radical (unpaired) electrons. The number of hydrogen-bond donors (Lipinski definition) is 1. The number of nitrogens with zero attached hydrogens (tertiary/aromatic N) is 3. The van der Waals surface area contributed by atoms with Crippen molar-refractivity contribution in [2.24, 2.45) is 0 Å². The number of rotatable bonds is 5. The van der Waals surface area contributed by atoms with Crippen LogP contribution in [-0.4, -0.2) is 26.7 Å². The van der Waals surface area contributed by atoms with Crippen molar-refractivity contribution in [3.8, 4) is 17.3 Å². The van der Waals surface area contributed by atoms with E-state index in [2.05, 4.69) is 15.4 Å². The number of hydrogen-bond acceptors (Lipinski definition) is 5. The number of para-hydroxylation sites is 1. The smallest absolute Gasteiger partial charge is 0.261 e. The van der Waals surface area contributed by atoms with Gasteiger partial charge in [0.2, 0.25) is 5.88 Å². The van der Waals surface area contributed by atoms with Gasteiger partial charge < -0.3 is 10.1 Å². The van der Waals surface area contributed by atoms with Crippen molar-refractivity contribution in [3.05, 3.63) is 64.1 Å². The Labute approximate surface area is 170 Å². The summed E-state index contributed by atoms with van der Waals surface area (Å²) in [6.45, 7) is 3.86. The Morgan fingerprint density at radius 2 is 2.07 bits per heavy atom. The monoisotopic (exact) mass is 412 g/mol. The lowest BCUT2D eigenvalue weighted by atomic mass is 10.3. The third-order valence-corrected chi connectivity index (χ3v) is 5.18. The van der Waals surface area contributed by atoms with Gasteiger partial charge in [-0.1, -0.05) is 23.7 Å². The van der Waals surface area contributed by atoms with E-state index in [0.717, 1.165) is 16.6 Å². The van der Waals surface area contributed by atoms with Crippen LogP contribution in [-0.2, 0) is 0 Å². The van der Waals surface area contributed by atoms with E-state index in [1.807, 2.05) is 37.4 Å². The molecule has 6 nitrogen and oxygen atoms in total. The maximum absolute atomic E-state index is 12.2. The number of halogens is 1. The highest BCUT2D eigenvalue weighted by Gasteiger charge is 2.14. The van der Waals surface area contributed by atoms with Crippen LogP contribution in [0.5, 0.6) is 11.6 Å². The summed E-state index contributed by atoms with van der Waals surface area (Å²) in [6, 6.07) is 10.9. The number of aromatic nitrogens is 3. The van der Waals surface area contributed by atoms with E-state index in [9.17, 15) is 4.79 Å². The molecule has 8 heteroatoms. The normalized spacial score (nSPS) is 11.1. The fourth-order valence-corrected chi connectivity index (χ4v) is 3.64. The molecule has 0 bridgehead atoms. The maximum Gasteiger partial charge on any atom is 0.261 e. The molecule has 4 aromatic rings. The van der Waals surface area contributed by atoms with Crippen LogP contribution in [0, 0.1) is 0 Å². The van der Waals surface area contributed by atoms with Crippen molar-refractivity contribution < 1.29 is 9.53 Å². The Balaban J connectivity index is 1.61. The predicted octanol–water partition coefficient (Wildman–Crippen LogP) is 5.07. The molecule has 142 valence electrons. The Morgan fingerprint density at radius 3 is 2.86 bits per heavy atom. The summed E-state index contributed by atoms with van der Waals surface area (Å²) in [7, 11) is 0. The molecule has 4 rings (SSSR count). The molecule has 0 aliphatic heterocycles. The van der Waals surface area contributed by atoms with E-state index in [4.69, 9.17) is 16.3 Å². The quantitative estimate of drug-likeness (QED) is 0.497. The summed E-state index contributed by atoms with van der Waals surface area (Å²) >= 11 is 7.52. The van der Waals surface area contributed by atoms with E-state index >= 15 is 0 Å². The van der Waals surface area contributed by atoms with Crippen LogP contribution in [0.15, 0.2) is 54.2 Å². The second-order valence-corrected chi connectivity index (χ2v) is 7.79. The van der Waals surface area contributed by atoms with Crippen LogP contribution in [0.25, 0.3) is 16.6 Å². The van der Waals surface area contributed by atoms with Gasteiger partial charge in [0.1, 0.15) is 5.75 Å². The summed E-state index contributed by atoms with van der Waals surface area (Å²) < 4.78 is 7.53. The van der Waals surface area contributed by atoms with Crippen molar-refractivity contribution in [1.82, 2.24) is 20.1 Å². The number of fused-ring (bicyclic) bond motifs is 1. The first-order valence-corrected chi connectivity index (χ1v) is 9.93. The van der Waals surface area contributed by atoms with Gasteiger partial charge in [0.15, 0.2) is 0 Å². The summed E-state index contributed by atoms with van der Waals surface area (Å²) in [5.41, 5.74) is 1.63. The Morgan fingerprint density at radius 1 is 1.25 bits per heavy atom. The fraction of sp³-hybridized carbons (Fsp3) is 0.150. The number of pyridine rings is 1. The Kier molecular flexibility index (Phi) is 5.02. The van der Waals surface area contributed by atoms with Crippen LogP contribution < -0.4 is 10.1 Å². The van der Waals surface area contributed by atoms with Gasteiger partial charge in [-0.2, -0.15) is 5.10 Å². The van der Waals surface area contributed by atoms with Crippen LogP contribution in [0.1, 0.15) is 23.5 Å². The standard InChI is InChI=1S/C20H17ClN4O2S/c1-12(2)24-20(26)18-8-14(11-28-18)25-16-10-22-19(7-13(16)9-23-25)27-17-6-4-3-5-15(17)21/h3-12H,1-2H3,(H,24,26). The highest BCUT2D eigenvalue weighted by molar-refractivity contribution is 7.12. The van der Waals surface area contributed by atoms with E-state index in [1.165, 1.54) is 11.3 Å². The average molecular weight is 413 g/mol. The van der Waals surface area contributed by atoms with E-state index < -0.39 is 0 Å². The van der Waals surface area contributed by atoms with Gasteiger partial charge in [-0.15, -0.1) is 11.3 Å². The van der Waals surface area contributed by atoms with Crippen LogP contribution in [0.4, 0.5) is 0 Å². The maximum atomic E-state index is 12.2. The van der Waals surface area contributed by atoms with Gasteiger partial charge in [-0.3, -0.25) is 4.79 Å². The van der Waals surface area contributed by atoms with Crippen LogP contribution in [0.2, 0.25) is 5.02 Å². The molecule has 0 fully saturated rings. The Hall–Kier alpha value is -2.90. The van der Waals surface area contributed by atoms with Gasteiger partial charge in [-0.25, -0.2) is 9.67 Å². The molecule has 0 saturated heterocycles. The van der Waals surface area contributed by atoms with Gasteiger partial charge in [0, 0.05) is 22.9 Å². The fourth-order valence-electron chi connectivity index (χ4n) is 2.70. The van der Waals surface area contributed by atoms with Gasteiger partial charge in [0.05, 0.1) is 33.5 Å². The minimum Gasteiger partial charge on any atom is -0.437 e. The highest BCUT2D eigenvalue weighted by atomic mass is 35.5. The number of carbonyl (C=O) groups excluding carboxylic acids is 1. The third-order valence-electron chi connectivity index (χ3n) is 3.95. The first kappa shape index (κ1) is 18.5. The van der Waals surface area contributed by atoms with Crippen LogP contribution in [0.3, 0.4) is 0 Å². The van der Waals surface area contributed by atoms with Crippen LogP contribution >= 0.6 is 22.9 Å². The molecular formula is C20H17ClN4O2S. The summed E-state index contributed by atoms with van der Waals surface area (Å²) in [5.74, 6) is 0.890. The zero-order chi connectivity index (χ0) is 19.7. The number of nitrogens with one attached hydrogen (secondary N) is 1. The predicted molar refractivity (Wildman–Crippen MR) is 111 cm³/mol. The molecule has 1 amide bonds. The molecule has 0 aliphatic carbocycles. The van der Waals surface area contributed by atoms with Gasteiger partial charge >= 0.3 is 0 Å². The molecule has 0 aliphatic rings. The molecule has 3 aromatic heterocycles. The number of thiophene rings is 1. The minimum absolute atomic E-state index is 0.0868. The highest BCUT2D eigenvalue weighted by Crippen LogP contribution is 2.30. The first-order valence-electron chi connectivity index (χ1n) is 8.67. The van der Waals surface area contributed by atoms with Gasteiger partial charge in [-0.05, 0) is 32.0 Å². The number of benzene rings is 1. The lowest BCUT2D eigenvalue weighted by Crippen LogP contribution is -2.29. The lowest BCUT2D eigenvalue weighted by Gasteiger charge is -2.06. The molecule has 0 unspecified atom stereocenters. The van der Waals surface area contributed by atoms with Crippen molar-refractivity contribution >= 4 is 39.7 Å². The summed E-state index contributed by atoms with van der Waals surface area (Å²) in [4.78, 5) is 17.2. The topological polar surface area (TPSA) is 69.0 Å². The molecular weight excluding hydrogens is 396 g/mol. The van der Waals surface area contributed by atoms with Crippen molar-refractivity contribution in [2.75, 3.05) is 0 Å². The molecule has 28 heavy (non-hydrogen) atoms.